The minimum absolute atomic E-state index is 1.19. The number of hydrogen-bond donors (Lipinski definition) is 0. The summed E-state index contributed by atoms with van der Waals surface area (Å²) in [6.45, 7) is 2.22. The zero-order valence-electron chi connectivity index (χ0n) is 19.9. The molecule has 5 aromatic carbocycles. The Hall–Kier alpha value is -4.43. The number of aromatic nitrogens is 2. The molecule has 2 nitrogen and oxygen atoms in total. The Labute approximate surface area is 204 Å². The second-order valence-corrected chi connectivity index (χ2v) is 9.43. The fourth-order valence-electron chi connectivity index (χ4n) is 5.64. The topological polar surface area (TPSA) is 8.81 Å². The molecular formula is C33H25N2+. The molecule has 0 saturated carbocycles. The van der Waals surface area contributed by atoms with Crippen molar-refractivity contribution >= 4 is 43.4 Å². The van der Waals surface area contributed by atoms with E-state index in [0.717, 1.165) is 0 Å². The van der Waals surface area contributed by atoms with Crippen molar-refractivity contribution in [2.24, 2.45) is 7.05 Å². The Balaban J connectivity index is 1.49. The third-order valence-electron chi connectivity index (χ3n) is 7.31. The monoisotopic (exact) mass is 449 g/mol. The molecule has 0 radical (unpaired) electrons. The van der Waals surface area contributed by atoms with Gasteiger partial charge in [-0.3, -0.25) is 0 Å². The molecule has 166 valence electrons. The number of hydrogen-bond acceptors (Lipinski definition) is 0. The Bertz CT molecular complexity index is 1870. The molecule has 0 saturated heterocycles. The van der Waals surface area contributed by atoms with Crippen LogP contribution in [0.3, 0.4) is 0 Å². The third kappa shape index (κ3) is 3.00. The molecule has 0 fully saturated rings. The van der Waals surface area contributed by atoms with Gasteiger partial charge in [0.05, 0.1) is 22.0 Å². The van der Waals surface area contributed by atoms with Crippen LogP contribution in [0.5, 0.6) is 0 Å². The summed E-state index contributed by atoms with van der Waals surface area (Å²) in [4.78, 5) is 0. The summed E-state index contributed by atoms with van der Waals surface area (Å²) >= 11 is 0. The molecule has 0 aliphatic carbocycles. The maximum atomic E-state index is 2.39. The first kappa shape index (κ1) is 20.0. The second-order valence-electron chi connectivity index (χ2n) is 9.43. The van der Waals surface area contributed by atoms with Crippen LogP contribution < -0.4 is 4.57 Å². The molecule has 0 atom stereocenters. The van der Waals surface area contributed by atoms with Crippen LogP contribution >= 0.6 is 0 Å². The molecule has 0 amide bonds. The van der Waals surface area contributed by atoms with E-state index in [1.54, 1.807) is 0 Å². The smallest absolute Gasteiger partial charge is 0.220 e. The van der Waals surface area contributed by atoms with Crippen LogP contribution in [0.15, 0.2) is 115 Å². The van der Waals surface area contributed by atoms with E-state index in [4.69, 9.17) is 0 Å². The number of rotatable bonds is 2. The van der Waals surface area contributed by atoms with E-state index in [1.165, 1.54) is 65.9 Å². The van der Waals surface area contributed by atoms with Gasteiger partial charge in [-0.25, -0.2) is 4.57 Å². The highest BCUT2D eigenvalue weighted by Crippen LogP contribution is 2.35. The van der Waals surface area contributed by atoms with Crippen LogP contribution in [0.25, 0.3) is 60.3 Å². The summed E-state index contributed by atoms with van der Waals surface area (Å²) in [5.41, 5.74) is 7.48. The molecule has 0 N–H and O–H groups in total. The van der Waals surface area contributed by atoms with Gasteiger partial charge in [0.15, 0.2) is 6.20 Å². The van der Waals surface area contributed by atoms with Crippen LogP contribution in [0, 0.1) is 6.92 Å². The third-order valence-corrected chi connectivity index (χ3v) is 7.31. The quantitative estimate of drug-likeness (QED) is 0.237. The van der Waals surface area contributed by atoms with E-state index >= 15 is 0 Å². The van der Waals surface area contributed by atoms with Crippen molar-refractivity contribution in [1.82, 2.24) is 4.57 Å². The van der Waals surface area contributed by atoms with Crippen molar-refractivity contribution < 1.29 is 4.57 Å². The molecule has 2 heterocycles. The average Bonchev–Trinajstić information content (AvgIpc) is 3.23. The van der Waals surface area contributed by atoms with E-state index in [0.29, 0.717) is 0 Å². The molecule has 0 spiro atoms. The standard InChI is InChI=1S/C33H25N2/c1-22-19-23-9-3-4-10-24(23)21-30(22)33-27-16-15-26(20-25(27)17-18-34(33)2)35-31-13-7-5-11-28(31)29-12-6-8-14-32(29)35/h3-21H,1-2H3/q+1. The fourth-order valence-corrected chi connectivity index (χ4v) is 5.64. The van der Waals surface area contributed by atoms with Crippen LogP contribution in [-0.4, -0.2) is 4.57 Å². The van der Waals surface area contributed by atoms with Gasteiger partial charge in [0.2, 0.25) is 5.69 Å². The van der Waals surface area contributed by atoms with E-state index in [2.05, 4.69) is 138 Å². The first-order valence-electron chi connectivity index (χ1n) is 12.1. The Morgan fingerprint density at radius 2 is 1.20 bits per heavy atom. The summed E-state index contributed by atoms with van der Waals surface area (Å²) in [5.74, 6) is 0. The molecule has 0 bridgehead atoms. The fraction of sp³-hybridized carbons (Fsp3) is 0.0606. The van der Waals surface area contributed by atoms with Crippen molar-refractivity contribution in [3.05, 3.63) is 121 Å². The van der Waals surface area contributed by atoms with E-state index in [1.807, 2.05) is 0 Å². The molecule has 0 aliphatic heterocycles. The van der Waals surface area contributed by atoms with Gasteiger partial charge in [-0.2, -0.15) is 0 Å². The minimum Gasteiger partial charge on any atom is -0.309 e. The lowest BCUT2D eigenvalue weighted by atomic mass is 9.96. The lowest BCUT2D eigenvalue weighted by molar-refractivity contribution is -0.659. The highest BCUT2D eigenvalue weighted by molar-refractivity contribution is 6.09. The summed E-state index contributed by atoms with van der Waals surface area (Å²) in [7, 11) is 2.14. The van der Waals surface area contributed by atoms with Gasteiger partial charge >= 0.3 is 0 Å². The van der Waals surface area contributed by atoms with Crippen LogP contribution in [0.1, 0.15) is 5.56 Å². The van der Waals surface area contributed by atoms with Gasteiger partial charge in [-0.05, 0) is 65.0 Å². The van der Waals surface area contributed by atoms with Crippen molar-refractivity contribution in [3.8, 4) is 16.9 Å². The van der Waals surface area contributed by atoms with Crippen LogP contribution in [-0.2, 0) is 7.05 Å². The van der Waals surface area contributed by atoms with Gasteiger partial charge in [-0.1, -0.05) is 66.7 Å². The molecule has 7 rings (SSSR count). The van der Waals surface area contributed by atoms with E-state index < -0.39 is 0 Å². The largest absolute Gasteiger partial charge is 0.309 e. The number of nitrogens with zero attached hydrogens (tertiary/aromatic N) is 2. The number of pyridine rings is 1. The highest BCUT2D eigenvalue weighted by Gasteiger charge is 2.19. The van der Waals surface area contributed by atoms with Crippen LogP contribution in [0.2, 0.25) is 0 Å². The molecule has 7 aromatic rings. The summed E-state index contributed by atoms with van der Waals surface area (Å²) in [6, 6.07) is 39.7. The first-order valence-corrected chi connectivity index (χ1v) is 12.1. The lowest BCUT2D eigenvalue weighted by Gasteiger charge is -2.12. The Morgan fingerprint density at radius 1 is 0.571 bits per heavy atom. The maximum absolute atomic E-state index is 2.39. The highest BCUT2D eigenvalue weighted by atomic mass is 15.0. The molecular weight excluding hydrogens is 424 g/mol. The number of aryl methyl sites for hydroxylation is 2. The second kappa shape index (κ2) is 7.54. The van der Waals surface area contributed by atoms with Gasteiger partial charge in [-0.15, -0.1) is 0 Å². The van der Waals surface area contributed by atoms with Gasteiger partial charge in [0, 0.05) is 22.5 Å². The average molecular weight is 450 g/mol. The first-order chi connectivity index (χ1) is 17.2. The zero-order chi connectivity index (χ0) is 23.5. The number of fused-ring (bicyclic) bond motifs is 5. The van der Waals surface area contributed by atoms with Gasteiger partial charge < -0.3 is 4.57 Å². The molecule has 35 heavy (non-hydrogen) atoms. The molecule has 0 aliphatic rings. The van der Waals surface area contributed by atoms with Crippen molar-refractivity contribution in [2.75, 3.05) is 0 Å². The number of benzene rings is 5. The van der Waals surface area contributed by atoms with E-state index in [-0.39, 0.29) is 0 Å². The van der Waals surface area contributed by atoms with Crippen molar-refractivity contribution in [2.45, 2.75) is 6.92 Å². The molecule has 2 heteroatoms. The maximum Gasteiger partial charge on any atom is 0.220 e. The van der Waals surface area contributed by atoms with E-state index in [9.17, 15) is 0 Å². The normalized spacial score (nSPS) is 11.7. The zero-order valence-corrected chi connectivity index (χ0v) is 19.9. The summed E-state index contributed by atoms with van der Waals surface area (Å²) in [6.07, 6.45) is 2.18. The Morgan fingerprint density at radius 3 is 1.91 bits per heavy atom. The lowest BCUT2D eigenvalue weighted by Crippen LogP contribution is -2.30. The molecule has 0 unspecified atom stereocenters. The van der Waals surface area contributed by atoms with Crippen LogP contribution in [0.4, 0.5) is 0 Å². The molecule has 2 aromatic heterocycles. The number of para-hydroxylation sites is 2. The van der Waals surface area contributed by atoms with Gasteiger partial charge in [0.1, 0.15) is 7.05 Å². The van der Waals surface area contributed by atoms with Crippen molar-refractivity contribution in [3.63, 3.8) is 0 Å². The SMILES string of the molecule is Cc1cc2ccccc2cc1-c1c2ccc(-n3c4ccccc4c4ccccc43)cc2cc[n+]1C. The minimum atomic E-state index is 1.19. The summed E-state index contributed by atoms with van der Waals surface area (Å²) < 4.78 is 4.64. The predicted octanol–water partition coefficient (Wildman–Crippen LogP) is 7.89. The summed E-state index contributed by atoms with van der Waals surface area (Å²) in [5, 5.41) is 7.63. The van der Waals surface area contributed by atoms with Gasteiger partial charge in [0.25, 0.3) is 0 Å². The van der Waals surface area contributed by atoms with Crippen molar-refractivity contribution in [1.29, 1.82) is 0 Å². The predicted molar refractivity (Wildman–Crippen MR) is 147 cm³/mol. The Kier molecular flexibility index (Phi) is 4.31.